The van der Waals surface area contributed by atoms with Crippen LogP contribution in [0.2, 0.25) is 5.02 Å². The van der Waals surface area contributed by atoms with Crippen LogP contribution in [0.1, 0.15) is 50.6 Å². The van der Waals surface area contributed by atoms with Gasteiger partial charge in [-0.05, 0) is 37.5 Å². The van der Waals surface area contributed by atoms with Crippen molar-refractivity contribution in [1.29, 1.82) is 0 Å². The summed E-state index contributed by atoms with van der Waals surface area (Å²) in [6.07, 6.45) is 3.73. The van der Waals surface area contributed by atoms with Gasteiger partial charge in [0.15, 0.2) is 0 Å². The van der Waals surface area contributed by atoms with E-state index in [0.717, 1.165) is 31.2 Å². The molecular weight excluding hydrogens is 340 g/mol. The number of nitrogens with zero attached hydrogens (tertiary/aromatic N) is 1. The number of carbonyl (C=O) groups excluding carboxylic acids is 3. The van der Waals surface area contributed by atoms with Gasteiger partial charge in [0.25, 0.3) is 0 Å². The molecule has 6 heteroatoms. The Labute approximate surface area is 152 Å². The van der Waals surface area contributed by atoms with E-state index in [4.69, 9.17) is 11.6 Å². The van der Waals surface area contributed by atoms with Crippen molar-refractivity contribution >= 4 is 29.3 Å². The SMILES string of the molecule is C[C@H](NC(=O)CCN1C(=O)[C@H]2CCCC[C@@H]2C1=O)c1cccc(Cl)c1. The van der Waals surface area contributed by atoms with Gasteiger partial charge in [-0.1, -0.05) is 36.6 Å². The van der Waals surface area contributed by atoms with Crippen LogP contribution in [0.15, 0.2) is 24.3 Å². The summed E-state index contributed by atoms with van der Waals surface area (Å²) in [6.45, 7) is 2.04. The van der Waals surface area contributed by atoms with Gasteiger partial charge >= 0.3 is 0 Å². The maximum Gasteiger partial charge on any atom is 0.233 e. The third-order valence-corrected chi connectivity index (χ3v) is 5.46. The van der Waals surface area contributed by atoms with Crippen molar-refractivity contribution in [3.05, 3.63) is 34.9 Å². The van der Waals surface area contributed by atoms with Gasteiger partial charge in [-0.2, -0.15) is 0 Å². The smallest absolute Gasteiger partial charge is 0.233 e. The minimum absolute atomic E-state index is 0.0922. The quantitative estimate of drug-likeness (QED) is 0.818. The molecule has 0 radical (unpaired) electrons. The predicted octanol–water partition coefficient (Wildman–Crippen LogP) is 3.08. The van der Waals surface area contributed by atoms with E-state index in [1.54, 1.807) is 6.07 Å². The van der Waals surface area contributed by atoms with Crippen LogP contribution < -0.4 is 5.32 Å². The Kier molecular flexibility index (Phi) is 5.42. The van der Waals surface area contributed by atoms with Crippen molar-refractivity contribution in [2.75, 3.05) is 6.54 Å². The third kappa shape index (κ3) is 3.87. The number of hydrogen-bond acceptors (Lipinski definition) is 3. The number of hydrogen-bond donors (Lipinski definition) is 1. The van der Waals surface area contributed by atoms with Gasteiger partial charge in [0.2, 0.25) is 17.7 Å². The predicted molar refractivity (Wildman–Crippen MR) is 94.8 cm³/mol. The number of fused-ring (bicyclic) bond motifs is 1. The molecular formula is C19H23ClN2O3. The largest absolute Gasteiger partial charge is 0.350 e. The number of carbonyl (C=O) groups is 3. The van der Waals surface area contributed by atoms with E-state index in [2.05, 4.69) is 5.32 Å². The number of halogens is 1. The summed E-state index contributed by atoms with van der Waals surface area (Å²) in [5.74, 6) is -0.678. The Hall–Kier alpha value is -1.88. The summed E-state index contributed by atoms with van der Waals surface area (Å²) in [7, 11) is 0. The molecule has 1 heterocycles. The van der Waals surface area contributed by atoms with E-state index in [-0.39, 0.29) is 48.6 Å². The molecule has 2 aliphatic rings. The molecule has 1 aliphatic heterocycles. The van der Waals surface area contributed by atoms with Crippen LogP contribution in [0.4, 0.5) is 0 Å². The maximum absolute atomic E-state index is 12.4. The van der Waals surface area contributed by atoms with Crippen molar-refractivity contribution in [2.24, 2.45) is 11.8 Å². The summed E-state index contributed by atoms with van der Waals surface area (Å²) in [5, 5.41) is 3.51. The molecule has 3 atom stereocenters. The zero-order valence-corrected chi connectivity index (χ0v) is 15.1. The number of nitrogens with one attached hydrogen (secondary N) is 1. The van der Waals surface area contributed by atoms with Crippen LogP contribution in [0.5, 0.6) is 0 Å². The molecule has 25 heavy (non-hydrogen) atoms. The lowest BCUT2D eigenvalue weighted by molar-refractivity contribution is -0.140. The fourth-order valence-corrected chi connectivity index (χ4v) is 4.04. The van der Waals surface area contributed by atoms with Crippen LogP contribution in [0.3, 0.4) is 0 Å². The van der Waals surface area contributed by atoms with Crippen LogP contribution in [-0.4, -0.2) is 29.2 Å². The normalized spacial score (nSPS) is 24.2. The fourth-order valence-electron chi connectivity index (χ4n) is 3.84. The highest BCUT2D eigenvalue weighted by Crippen LogP contribution is 2.37. The second kappa shape index (κ2) is 7.56. The van der Waals surface area contributed by atoms with Crippen molar-refractivity contribution in [2.45, 2.75) is 45.1 Å². The lowest BCUT2D eigenvalue weighted by Gasteiger charge is -2.19. The van der Waals surface area contributed by atoms with E-state index in [0.29, 0.717) is 5.02 Å². The monoisotopic (exact) mass is 362 g/mol. The van der Waals surface area contributed by atoms with Crippen LogP contribution >= 0.6 is 11.6 Å². The molecule has 0 spiro atoms. The van der Waals surface area contributed by atoms with Gasteiger partial charge in [0, 0.05) is 18.0 Å². The maximum atomic E-state index is 12.4. The Morgan fingerprint density at radius 3 is 2.48 bits per heavy atom. The second-order valence-corrected chi connectivity index (χ2v) is 7.36. The molecule has 1 saturated carbocycles. The summed E-state index contributed by atoms with van der Waals surface area (Å²) in [5.41, 5.74) is 0.917. The molecule has 1 saturated heterocycles. The molecule has 0 bridgehead atoms. The van der Waals surface area contributed by atoms with E-state index in [1.807, 2.05) is 25.1 Å². The van der Waals surface area contributed by atoms with Crippen molar-refractivity contribution < 1.29 is 14.4 Å². The average Bonchev–Trinajstić information content (AvgIpc) is 2.84. The first-order valence-corrected chi connectivity index (χ1v) is 9.25. The molecule has 134 valence electrons. The first-order chi connectivity index (χ1) is 12.0. The molecule has 0 unspecified atom stereocenters. The van der Waals surface area contributed by atoms with Gasteiger partial charge in [0.1, 0.15) is 0 Å². The summed E-state index contributed by atoms with van der Waals surface area (Å²) in [4.78, 5) is 38.3. The highest BCUT2D eigenvalue weighted by Gasteiger charge is 2.47. The number of rotatable bonds is 5. The minimum atomic E-state index is -0.182. The fraction of sp³-hybridized carbons (Fsp3) is 0.526. The molecule has 5 nitrogen and oxygen atoms in total. The molecule has 1 aromatic carbocycles. The topological polar surface area (TPSA) is 66.5 Å². The van der Waals surface area contributed by atoms with Gasteiger partial charge in [-0.15, -0.1) is 0 Å². The number of imide groups is 1. The van der Waals surface area contributed by atoms with Crippen LogP contribution in [-0.2, 0) is 14.4 Å². The van der Waals surface area contributed by atoms with E-state index < -0.39 is 0 Å². The molecule has 3 amide bonds. The van der Waals surface area contributed by atoms with Crippen molar-refractivity contribution in [3.8, 4) is 0 Å². The Morgan fingerprint density at radius 2 is 1.88 bits per heavy atom. The molecule has 0 aromatic heterocycles. The first-order valence-electron chi connectivity index (χ1n) is 8.87. The summed E-state index contributed by atoms with van der Waals surface area (Å²) in [6, 6.07) is 7.14. The second-order valence-electron chi connectivity index (χ2n) is 6.92. The average molecular weight is 363 g/mol. The molecule has 1 aliphatic carbocycles. The van der Waals surface area contributed by atoms with Gasteiger partial charge in [-0.25, -0.2) is 0 Å². The summed E-state index contributed by atoms with van der Waals surface area (Å²) >= 11 is 5.97. The number of likely N-dealkylation sites (tertiary alicyclic amines) is 1. The Morgan fingerprint density at radius 1 is 1.24 bits per heavy atom. The van der Waals surface area contributed by atoms with E-state index in [9.17, 15) is 14.4 Å². The van der Waals surface area contributed by atoms with Crippen molar-refractivity contribution in [3.63, 3.8) is 0 Å². The zero-order chi connectivity index (χ0) is 18.0. The lowest BCUT2D eigenvalue weighted by Crippen LogP contribution is -2.36. The van der Waals surface area contributed by atoms with Crippen LogP contribution in [0.25, 0.3) is 0 Å². The van der Waals surface area contributed by atoms with Crippen LogP contribution in [0, 0.1) is 11.8 Å². The Balaban J connectivity index is 1.53. The standard InChI is InChI=1S/C19H23ClN2O3/c1-12(13-5-4-6-14(20)11-13)21-17(23)9-10-22-18(24)15-7-2-3-8-16(15)19(22)25/h4-6,11-12,15-16H,2-3,7-10H2,1H3,(H,21,23)/t12-,15-,16-/m0/s1. The number of benzene rings is 1. The first kappa shape index (κ1) is 17.9. The lowest BCUT2D eigenvalue weighted by atomic mass is 9.81. The minimum Gasteiger partial charge on any atom is -0.350 e. The molecule has 2 fully saturated rings. The zero-order valence-electron chi connectivity index (χ0n) is 14.3. The summed E-state index contributed by atoms with van der Waals surface area (Å²) < 4.78 is 0. The van der Waals surface area contributed by atoms with Crippen molar-refractivity contribution in [1.82, 2.24) is 10.2 Å². The molecule has 1 aromatic rings. The van der Waals surface area contributed by atoms with E-state index >= 15 is 0 Å². The Bertz CT molecular complexity index is 667. The van der Waals surface area contributed by atoms with Gasteiger partial charge < -0.3 is 5.32 Å². The van der Waals surface area contributed by atoms with Gasteiger partial charge in [-0.3, -0.25) is 19.3 Å². The highest BCUT2D eigenvalue weighted by molar-refractivity contribution is 6.30. The third-order valence-electron chi connectivity index (χ3n) is 5.22. The highest BCUT2D eigenvalue weighted by atomic mass is 35.5. The van der Waals surface area contributed by atoms with E-state index in [1.165, 1.54) is 4.90 Å². The molecule has 3 rings (SSSR count). The molecule has 1 N–H and O–H groups in total. The van der Waals surface area contributed by atoms with Gasteiger partial charge in [0.05, 0.1) is 17.9 Å². The number of amides is 3.